The Balaban J connectivity index is 1.57. The van der Waals surface area contributed by atoms with E-state index in [9.17, 15) is 10.1 Å². The highest BCUT2D eigenvalue weighted by Gasteiger charge is 2.74. The van der Waals surface area contributed by atoms with Gasteiger partial charge in [0.2, 0.25) is 0 Å². The molecule has 0 radical (unpaired) electrons. The van der Waals surface area contributed by atoms with Gasteiger partial charge < -0.3 is 10.5 Å². The van der Waals surface area contributed by atoms with Gasteiger partial charge in [-0.15, -0.1) is 0 Å². The molecule has 2 aliphatic rings. The van der Waals surface area contributed by atoms with Gasteiger partial charge in [-0.3, -0.25) is 4.79 Å². The Morgan fingerprint density at radius 3 is 2.44 bits per heavy atom. The van der Waals surface area contributed by atoms with E-state index in [0.29, 0.717) is 22.5 Å². The van der Waals surface area contributed by atoms with Crippen molar-refractivity contribution in [1.29, 1.82) is 5.26 Å². The maximum atomic E-state index is 12.5. The molecule has 27 heavy (non-hydrogen) atoms. The second-order valence-corrected chi connectivity index (χ2v) is 10.4. The van der Waals surface area contributed by atoms with Crippen LogP contribution >= 0.6 is 24.0 Å². The molecule has 0 heterocycles. The van der Waals surface area contributed by atoms with Gasteiger partial charge in [-0.1, -0.05) is 68.2 Å². The molecule has 6 heteroatoms. The smallest absolute Gasteiger partial charge is 0.306 e. The quantitative estimate of drug-likeness (QED) is 0.544. The summed E-state index contributed by atoms with van der Waals surface area (Å²) in [6.45, 7) is 6.01. The predicted octanol–water partition coefficient (Wildman–Crippen LogP) is 4.22. The molecule has 0 aliphatic heterocycles. The topological polar surface area (TPSA) is 76.1 Å². The number of hydrogen-bond donors (Lipinski definition) is 1. The Bertz CT molecular complexity index is 793. The number of ether oxygens (including phenoxy) is 1. The van der Waals surface area contributed by atoms with Crippen LogP contribution in [-0.4, -0.2) is 26.1 Å². The third-order valence-electron chi connectivity index (χ3n) is 6.06. The third-order valence-corrected chi connectivity index (χ3v) is 7.72. The first-order valence-electron chi connectivity index (χ1n) is 9.36. The summed E-state index contributed by atoms with van der Waals surface area (Å²) in [6, 6.07) is 11.9. The molecule has 2 N–H and O–H groups in total. The molecule has 2 fully saturated rings. The monoisotopic (exact) mass is 402 g/mol. The molecule has 0 bridgehead atoms. The summed E-state index contributed by atoms with van der Waals surface area (Å²) < 4.78 is 5.76. The highest BCUT2D eigenvalue weighted by Crippen LogP contribution is 2.64. The summed E-state index contributed by atoms with van der Waals surface area (Å²) in [7, 11) is 0. The van der Waals surface area contributed by atoms with Crippen molar-refractivity contribution in [2.75, 3.05) is 0 Å². The number of nitriles is 1. The number of rotatable bonds is 7. The second-order valence-electron chi connectivity index (χ2n) is 8.21. The highest BCUT2D eigenvalue weighted by atomic mass is 32.2. The van der Waals surface area contributed by atoms with Gasteiger partial charge >= 0.3 is 5.97 Å². The van der Waals surface area contributed by atoms with Crippen LogP contribution in [0.4, 0.5) is 0 Å². The van der Waals surface area contributed by atoms with Gasteiger partial charge in [-0.25, -0.2) is 0 Å². The van der Waals surface area contributed by atoms with Crippen molar-refractivity contribution in [3.8, 4) is 6.07 Å². The average Bonchev–Trinajstić information content (AvgIpc) is 3.50. The Hall–Kier alpha value is -1.42. The Labute approximate surface area is 170 Å². The lowest BCUT2D eigenvalue weighted by Crippen LogP contribution is -2.46. The average molecular weight is 403 g/mol. The molecule has 144 valence electrons. The first-order valence-corrected chi connectivity index (χ1v) is 10.6. The molecule has 2 aliphatic carbocycles. The van der Waals surface area contributed by atoms with Crippen LogP contribution in [0.2, 0.25) is 0 Å². The van der Waals surface area contributed by atoms with Crippen LogP contribution in [-0.2, 0) is 9.53 Å². The molecule has 5 atom stereocenters. The normalized spacial score (nSPS) is 33.4. The van der Waals surface area contributed by atoms with E-state index >= 15 is 0 Å². The van der Waals surface area contributed by atoms with Crippen molar-refractivity contribution >= 4 is 34.1 Å². The number of nitrogens with zero attached hydrogens (tertiary/aromatic N) is 1. The minimum absolute atomic E-state index is 0.188. The standard InChI is InChI=1S/C21H26N2O2S2/c1-14-11-20(14,23)21(12-15(21)2)25-17(24)9-10-19(3,13-22)27-18(26)16-7-5-4-6-8-16/h4-8,14-15H,9-12,23H2,1-3H3. The van der Waals surface area contributed by atoms with Crippen molar-refractivity contribution in [1.82, 2.24) is 0 Å². The van der Waals surface area contributed by atoms with E-state index in [-0.39, 0.29) is 17.9 Å². The van der Waals surface area contributed by atoms with Crippen LogP contribution in [0.1, 0.15) is 52.0 Å². The number of hydrogen-bond acceptors (Lipinski definition) is 6. The fourth-order valence-corrected chi connectivity index (χ4v) is 5.48. The maximum absolute atomic E-state index is 12.5. The lowest BCUT2D eigenvalue weighted by Gasteiger charge is -2.27. The van der Waals surface area contributed by atoms with E-state index in [2.05, 4.69) is 19.9 Å². The van der Waals surface area contributed by atoms with Gasteiger partial charge in [0.05, 0.1) is 15.8 Å². The largest absolute Gasteiger partial charge is 0.457 e. The van der Waals surface area contributed by atoms with Crippen LogP contribution < -0.4 is 5.73 Å². The zero-order valence-electron chi connectivity index (χ0n) is 16.0. The summed E-state index contributed by atoms with van der Waals surface area (Å²) in [5.41, 5.74) is 6.50. The minimum Gasteiger partial charge on any atom is -0.457 e. The number of nitrogens with two attached hydrogens (primary N) is 1. The number of esters is 1. The van der Waals surface area contributed by atoms with Crippen LogP contribution in [0.3, 0.4) is 0 Å². The molecule has 0 aromatic heterocycles. The van der Waals surface area contributed by atoms with Crippen molar-refractivity contribution < 1.29 is 9.53 Å². The fourth-order valence-electron chi connectivity index (χ4n) is 3.88. The number of benzene rings is 1. The molecule has 0 amide bonds. The SMILES string of the molecule is CC1CC1(N)C1(OC(=O)CCC(C)(C#N)SC(=S)c2ccccc2)CC1C. The van der Waals surface area contributed by atoms with Gasteiger partial charge in [0, 0.05) is 12.3 Å². The molecular formula is C21H26N2O2S2. The third kappa shape index (κ3) is 3.91. The van der Waals surface area contributed by atoms with Crippen LogP contribution in [0.25, 0.3) is 0 Å². The van der Waals surface area contributed by atoms with Crippen molar-refractivity contribution in [3.05, 3.63) is 35.9 Å². The number of thioether (sulfide) groups is 1. The molecule has 4 nitrogen and oxygen atoms in total. The van der Waals surface area contributed by atoms with E-state index < -0.39 is 10.3 Å². The molecule has 1 aromatic carbocycles. The van der Waals surface area contributed by atoms with E-state index in [4.69, 9.17) is 22.7 Å². The molecule has 0 saturated heterocycles. The molecule has 5 unspecified atom stereocenters. The number of carbonyl (C=O) groups is 1. The minimum atomic E-state index is -0.776. The lowest BCUT2D eigenvalue weighted by molar-refractivity contribution is -0.154. The predicted molar refractivity (Wildman–Crippen MR) is 112 cm³/mol. The van der Waals surface area contributed by atoms with E-state index in [1.54, 1.807) is 0 Å². The summed E-state index contributed by atoms with van der Waals surface area (Å²) >= 11 is 6.81. The Morgan fingerprint density at radius 1 is 1.37 bits per heavy atom. The second kappa shape index (κ2) is 7.20. The first-order chi connectivity index (χ1) is 12.7. The molecular weight excluding hydrogens is 376 g/mol. The lowest BCUT2D eigenvalue weighted by atomic mass is 10.0. The van der Waals surface area contributed by atoms with Gasteiger partial charge in [0.1, 0.15) is 10.3 Å². The van der Waals surface area contributed by atoms with E-state index in [1.165, 1.54) is 11.8 Å². The highest BCUT2D eigenvalue weighted by molar-refractivity contribution is 8.24. The van der Waals surface area contributed by atoms with Crippen molar-refractivity contribution in [3.63, 3.8) is 0 Å². The first kappa shape index (κ1) is 20.3. The Morgan fingerprint density at radius 2 is 1.96 bits per heavy atom. The molecule has 1 aromatic rings. The van der Waals surface area contributed by atoms with Crippen LogP contribution in [0, 0.1) is 23.2 Å². The summed E-state index contributed by atoms with van der Waals surface area (Å²) in [4.78, 5) is 12.5. The van der Waals surface area contributed by atoms with Gasteiger partial charge in [0.25, 0.3) is 0 Å². The van der Waals surface area contributed by atoms with Crippen molar-refractivity contribution in [2.24, 2.45) is 17.6 Å². The van der Waals surface area contributed by atoms with Gasteiger partial charge in [-0.05, 0) is 37.7 Å². The summed E-state index contributed by atoms with van der Waals surface area (Å²) in [5.74, 6) is 0.424. The molecule has 0 spiro atoms. The van der Waals surface area contributed by atoms with E-state index in [1.807, 2.05) is 37.3 Å². The van der Waals surface area contributed by atoms with E-state index in [0.717, 1.165) is 18.4 Å². The van der Waals surface area contributed by atoms with Gasteiger partial charge in [0.15, 0.2) is 0 Å². The van der Waals surface area contributed by atoms with Crippen LogP contribution in [0.15, 0.2) is 30.3 Å². The molecule has 2 saturated carbocycles. The number of thiocarbonyl (C=S) groups is 1. The summed E-state index contributed by atoms with van der Waals surface area (Å²) in [6.07, 6.45) is 2.31. The van der Waals surface area contributed by atoms with Crippen molar-refractivity contribution in [2.45, 2.75) is 62.3 Å². The maximum Gasteiger partial charge on any atom is 0.306 e. The number of carbonyl (C=O) groups excluding carboxylic acids is 1. The van der Waals surface area contributed by atoms with Gasteiger partial charge in [-0.2, -0.15) is 5.26 Å². The van der Waals surface area contributed by atoms with Crippen LogP contribution in [0.5, 0.6) is 0 Å². The Kier molecular flexibility index (Phi) is 5.42. The zero-order valence-corrected chi connectivity index (χ0v) is 17.7. The fraction of sp³-hybridized carbons (Fsp3) is 0.571. The zero-order chi connectivity index (χ0) is 19.9. The summed E-state index contributed by atoms with van der Waals surface area (Å²) in [5, 5.41) is 9.65. The molecule has 3 rings (SSSR count).